The predicted octanol–water partition coefficient (Wildman–Crippen LogP) is 2.07. The summed E-state index contributed by atoms with van der Waals surface area (Å²) in [6.07, 6.45) is 1.31. The van der Waals surface area contributed by atoms with Crippen molar-refractivity contribution in [3.63, 3.8) is 0 Å². The standard InChI is InChI=1S/C26H27N3O6S/c30-24-14-22(17-27-15-20-6-4-5-7-21(20)16-27)35-19-25(24)34-13-12-28-10-11-29(18-26(28)31)36(32,33)23-8-2-1-3-9-23/h1-9,14,19H,10-13,15-18H2. The van der Waals surface area contributed by atoms with Crippen LogP contribution in [0.3, 0.4) is 0 Å². The minimum absolute atomic E-state index is 0.0844. The summed E-state index contributed by atoms with van der Waals surface area (Å²) in [5.74, 6) is 0.339. The maximum absolute atomic E-state index is 12.8. The van der Waals surface area contributed by atoms with Gasteiger partial charge in [-0.25, -0.2) is 8.42 Å². The monoisotopic (exact) mass is 509 g/mol. The Balaban J connectivity index is 1.11. The second kappa shape index (κ2) is 10.3. The molecule has 0 radical (unpaired) electrons. The fourth-order valence-corrected chi connectivity index (χ4v) is 5.90. The lowest BCUT2D eigenvalue weighted by Crippen LogP contribution is -2.52. The molecule has 9 nitrogen and oxygen atoms in total. The van der Waals surface area contributed by atoms with Gasteiger partial charge in [0, 0.05) is 32.2 Å². The quantitative estimate of drug-likeness (QED) is 0.458. The number of benzene rings is 2. The highest BCUT2D eigenvalue weighted by Gasteiger charge is 2.32. The second-order valence-electron chi connectivity index (χ2n) is 8.87. The van der Waals surface area contributed by atoms with E-state index in [0.29, 0.717) is 12.3 Å². The van der Waals surface area contributed by atoms with E-state index < -0.39 is 10.0 Å². The molecule has 188 valence electrons. The molecule has 36 heavy (non-hydrogen) atoms. The Hall–Kier alpha value is -3.47. The Labute approximate surface area is 209 Å². The molecular weight excluding hydrogens is 482 g/mol. The number of amides is 1. The topological polar surface area (TPSA) is 100 Å². The van der Waals surface area contributed by atoms with Crippen LogP contribution in [0.25, 0.3) is 0 Å². The first-order chi connectivity index (χ1) is 17.4. The number of hydrogen-bond acceptors (Lipinski definition) is 7. The van der Waals surface area contributed by atoms with Crippen molar-refractivity contribution in [2.45, 2.75) is 24.5 Å². The zero-order valence-corrected chi connectivity index (χ0v) is 20.5. The summed E-state index contributed by atoms with van der Waals surface area (Å²) in [6, 6.07) is 17.8. The van der Waals surface area contributed by atoms with Gasteiger partial charge in [0.1, 0.15) is 18.6 Å². The SMILES string of the molecule is O=C1CN(S(=O)(=O)c2ccccc2)CCN1CCOc1coc(CN2Cc3ccccc3C2)cc1=O. The fourth-order valence-electron chi connectivity index (χ4n) is 4.50. The maximum atomic E-state index is 12.8. The van der Waals surface area contributed by atoms with E-state index in [1.54, 1.807) is 18.2 Å². The van der Waals surface area contributed by atoms with E-state index in [1.807, 2.05) is 12.1 Å². The molecule has 10 heteroatoms. The van der Waals surface area contributed by atoms with Crippen LogP contribution in [-0.2, 0) is 34.5 Å². The van der Waals surface area contributed by atoms with Crippen LogP contribution in [0.15, 0.2) is 81.0 Å². The van der Waals surface area contributed by atoms with Crippen molar-refractivity contribution in [1.82, 2.24) is 14.1 Å². The third-order valence-corrected chi connectivity index (χ3v) is 8.28. The smallest absolute Gasteiger partial charge is 0.243 e. The lowest BCUT2D eigenvalue weighted by Gasteiger charge is -2.33. The molecule has 0 atom stereocenters. The summed E-state index contributed by atoms with van der Waals surface area (Å²) in [5, 5.41) is 0. The Morgan fingerprint density at radius 2 is 1.58 bits per heavy atom. The van der Waals surface area contributed by atoms with Gasteiger partial charge in [-0.15, -0.1) is 0 Å². The summed E-state index contributed by atoms with van der Waals surface area (Å²) in [7, 11) is -3.72. The van der Waals surface area contributed by atoms with Gasteiger partial charge in [-0.1, -0.05) is 42.5 Å². The van der Waals surface area contributed by atoms with Crippen LogP contribution in [-0.4, -0.2) is 61.2 Å². The second-order valence-corrected chi connectivity index (χ2v) is 10.8. The average molecular weight is 510 g/mol. The number of carbonyl (C=O) groups is 1. The molecule has 3 heterocycles. The Kier molecular flexibility index (Phi) is 6.90. The van der Waals surface area contributed by atoms with Crippen LogP contribution in [0.4, 0.5) is 0 Å². The predicted molar refractivity (Wildman–Crippen MR) is 132 cm³/mol. The van der Waals surface area contributed by atoms with Crippen LogP contribution in [0.2, 0.25) is 0 Å². The van der Waals surface area contributed by atoms with Crippen LogP contribution in [0.1, 0.15) is 16.9 Å². The van der Waals surface area contributed by atoms with Gasteiger partial charge < -0.3 is 14.1 Å². The molecule has 1 saturated heterocycles. The van der Waals surface area contributed by atoms with Crippen molar-refractivity contribution in [2.75, 3.05) is 32.8 Å². The minimum atomic E-state index is -3.72. The largest absolute Gasteiger partial charge is 0.485 e. The van der Waals surface area contributed by atoms with Crippen LogP contribution < -0.4 is 10.2 Å². The lowest BCUT2D eigenvalue weighted by molar-refractivity contribution is -0.134. The molecule has 5 rings (SSSR count). The third kappa shape index (κ3) is 5.20. The lowest BCUT2D eigenvalue weighted by atomic mass is 10.1. The van der Waals surface area contributed by atoms with Crippen LogP contribution in [0.5, 0.6) is 5.75 Å². The molecule has 1 aromatic heterocycles. The van der Waals surface area contributed by atoms with Crippen molar-refractivity contribution < 1.29 is 22.4 Å². The van der Waals surface area contributed by atoms with Gasteiger partial charge in [0.05, 0.1) is 24.5 Å². The summed E-state index contributed by atoms with van der Waals surface area (Å²) in [4.78, 5) is 29.0. The number of sulfonamides is 1. The first-order valence-corrected chi connectivity index (χ1v) is 13.2. The van der Waals surface area contributed by atoms with E-state index in [-0.39, 0.29) is 54.8 Å². The molecule has 0 spiro atoms. The van der Waals surface area contributed by atoms with Crippen LogP contribution >= 0.6 is 0 Å². The van der Waals surface area contributed by atoms with E-state index in [0.717, 1.165) is 13.1 Å². The molecule has 0 unspecified atom stereocenters. The first kappa shape index (κ1) is 24.2. The average Bonchev–Trinajstić information content (AvgIpc) is 3.29. The van der Waals surface area contributed by atoms with E-state index in [2.05, 4.69) is 17.0 Å². The van der Waals surface area contributed by atoms with Gasteiger partial charge in [0.15, 0.2) is 0 Å². The molecule has 2 aliphatic rings. The summed E-state index contributed by atoms with van der Waals surface area (Å²) in [5.41, 5.74) is 2.29. The van der Waals surface area contributed by atoms with E-state index >= 15 is 0 Å². The van der Waals surface area contributed by atoms with Gasteiger partial charge in [0.2, 0.25) is 27.1 Å². The van der Waals surface area contributed by atoms with Gasteiger partial charge in [0.25, 0.3) is 0 Å². The van der Waals surface area contributed by atoms with Crippen molar-refractivity contribution in [3.05, 3.63) is 94.0 Å². The summed E-state index contributed by atoms with van der Waals surface area (Å²) in [6.45, 7) is 2.70. The van der Waals surface area contributed by atoms with E-state index in [4.69, 9.17) is 9.15 Å². The molecule has 0 N–H and O–H groups in total. The summed E-state index contributed by atoms with van der Waals surface area (Å²) < 4.78 is 37.9. The molecule has 0 aliphatic carbocycles. The fraction of sp³-hybridized carbons (Fsp3) is 0.308. The number of carbonyl (C=O) groups excluding carboxylic acids is 1. The molecule has 1 fully saturated rings. The molecular formula is C26H27N3O6S. The van der Waals surface area contributed by atoms with Gasteiger partial charge in [-0.05, 0) is 23.3 Å². The zero-order valence-electron chi connectivity index (χ0n) is 19.7. The molecule has 0 bridgehead atoms. The number of piperazine rings is 1. The van der Waals surface area contributed by atoms with Crippen molar-refractivity contribution >= 4 is 15.9 Å². The first-order valence-electron chi connectivity index (χ1n) is 11.8. The summed E-state index contributed by atoms with van der Waals surface area (Å²) >= 11 is 0. The highest BCUT2D eigenvalue weighted by molar-refractivity contribution is 7.89. The van der Waals surface area contributed by atoms with Gasteiger partial charge in [-0.2, -0.15) is 4.31 Å². The molecule has 2 aromatic carbocycles. The molecule has 1 amide bonds. The van der Waals surface area contributed by atoms with Gasteiger partial charge >= 0.3 is 0 Å². The van der Waals surface area contributed by atoms with Crippen molar-refractivity contribution in [3.8, 4) is 5.75 Å². The molecule has 0 saturated carbocycles. The maximum Gasteiger partial charge on any atom is 0.243 e. The molecule has 3 aromatic rings. The zero-order chi connectivity index (χ0) is 25.1. The Bertz CT molecular complexity index is 1380. The number of fused-ring (bicyclic) bond motifs is 1. The molecule has 2 aliphatic heterocycles. The highest BCUT2D eigenvalue weighted by atomic mass is 32.2. The normalized spacial score (nSPS) is 16.8. The van der Waals surface area contributed by atoms with Crippen molar-refractivity contribution in [1.29, 1.82) is 0 Å². The third-order valence-electron chi connectivity index (χ3n) is 6.42. The Morgan fingerprint density at radius 3 is 2.25 bits per heavy atom. The number of ether oxygens (including phenoxy) is 1. The van der Waals surface area contributed by atoms with Crippen LogP contribution in [0, 0.1) is 0 Å². The number of rotatable bonds is 8. The van der Waals surface area contributed by atoms with E-state index in [9.17, 15) is 18.0 Å². The number of hydrogen-bond donors (Lipinski definition) is 0. The Morgan fingerprint density at radius 1 is 0.889 bits per heavy atom. The highest BCUT2D eigenvalue weighted by Crippen LogP contribution is 2.24. The van der Waals surface area contributed by atoms with Gasteiger partial charge in [-0.3, -0.25) is 14.5 Å². The number of nitrogens with zero attached hydrogens (tertiary/aromatic N) is 3. The van der Waals surface area contributed by atoms with Crippen molar-refractivity contribution in [2.24, 2.45) is 0 Å². The van der Waals surface area contributed by atoms with E-state index in [1.165, 1.54) is 44.8 Å². The minimum Gasteiger partial charge on any atom is -0.485 e.